The van der Waals surface area contributed by atoms with Crippen LogP contribution >= 0.6 is 0 Å². The Morgan fingerprint density at radius 1 is 0.975 bits per heavy atom. The van der Waals surface area contributed by atoms with Gasteiger partial charge in [-0.25, -0.2) is 9.78 Å². The van der Waals surface area contributed by atoms with E-state index in [-0.39, 0.29) is 37.0 Å². The van der Waals surface area contributed by atoms with Crippen LogP contribution in [0.15, 0.2) is 66.9 Å². The molecule has 1 aromatic heterocycles. The van der Waals surface area contributed by atoms with E-state index < -0.39 is 11.7 Å². The summed E-state index contributed by atoms with van der Waals surface area (Å²) in [7, 11) is 0. The number of ether oxygens (including phenoxy) is 1. The van der Waals surface area contributed by atoms with Crippen molar-refractivity contribution >= 4 is 29.4 Å². The van der Waals surface area contributed by atoms with Crippen molar-refractivity contribution < 1.29 is 19.1 Å². The second kappa shape index (κ2) is 12.2. The van der Waals surface area contributed by atoms with Crippen LogP contribution in [0.25, 0.3) is 11.1 Å². The number of anilines is 2. The molecule has 0 aliphatic carbocycles. The Morgan fingerprint density at radius 3 is 2.33 bits per heavy atom. The van der Waals surface area contributed by atoms with E-state index in [0.29, 0.717) is 5.56 Å². The molecule has 4 rings (SSSR count). The molecule has 2 unspecified atom stereocenters. The average Bonchev–Trinajstić information content (AvgIpc) is 2.90. The Balaban J connectivity index is 1.46. The minimum atomic E-state index is -0.575. The predicted molar refractivity (Wildman–Crippen MR) is 156 cm³/mol. The van der Waals surface area contributed by atoms with Crippen molar-refractivity contribution in [1.29, 1.82) is 0 Å². The van der Waals surface area contributed by atoms with Crippen LogP contribution in [0, 0.1) is 0 Å². The van der Waals surface area contributed by atoms with Crippen LogP contribution in [0.1, 0.15) is 63.0 Å². The first-order valence-corrected chi connectivity index (χ1v) is 13.5. The molecule has 3 N–H and O–H groups in total. The molecule has 9 nitrogen and oxygen atoms in total. The number of nitrogens with zero attached hydrogens (tertiary/aromatic N) is 2. The fourth-order valence-corrected chi connectivity index (χ4v) is 4.86. The lowest BCUT2D eigenvalue weighted by Gasteiger charge is -2.39. The largest absolute Gasteiger partial charge is 0.444 e. The van der Waals surface area contributed by atoms with Crippen LogP contribution in [0.5, 0.6) is 0 Å². The first-order chi connectivity index (χ1) is 19.0. The maximum atomic E-state index is 12.6. The Bertz CT molecular complexity index is 1350. The summed E-state index contributed by atoms with van der Waals surface area (Å²) in [6.45, 7) is 9.57. The van der Waals surface area contributed by atoms with E-state index in [4.69, 9.17) is 4.74 Å². The topological polar surface area (TPSA) is 113 Å². The number of hydrogen-bond acceptors (Lipinski definition) is 6. The molecule has 210 valence electrons. The van der Waals surface area contributed by atoms with Gasteiger partial charge in [0.25, 0.3) is 5.91 Å². The van der Waals surface area contributed by atoms with E-state index in [1.807, 2.05) is 47.4 Å². The van der Waals surface area contributed by atoms with Crippen LogP contribution in [0.2, 0.25) is 0 Å². The maximum Gasteiger partial charge on any atom is 0.407 e. The van der Waals surface area contributed by atoms with Gasteiger partial charge in [-0.15, -0.1) is 0 Å². The van der Waals surface area contributed by atoms with Gasteiger partial charge in [0.2, 0.25) is 5.91 Å². The zero-order valence-corrected chi connectivity index (χ0v) is 23.7. The molecule has 3 aromatic rings. The van der Waals surface area contributed by atoms with Gasteiger partial charge in [-0.2, -0.15) is 0 Å². The zero-order chi connectivity index (χ0) is 28.9. The van der Waals surface area contributed by atoms with Gasteiger partial charge in [-0.1, -0.05) is 24.3 Å². The van der Waals surface area contributed by atoms with Crippen LogP contribution in [0.4, 0.5) is 16.3 Å². The van der Waals surface area contributed by atoms with Crippen molar-refractivity contribution in [2.75, 3.05) is 23.3 Å². The van der Waals surface area contributed by atoms with E-state index in [1.165, 1.54) is 0 Å². The Kier molecular flexibility index (Phi) is 8.72. The lowest BCUT2D eigenvalue weighted by atomic mass is 9.89. The number of aromatic nitrogens is 1. The summed E-state index contributed by atoms with van der Waals surface area (Å²) in [6.07, 6.45) is 1.98. The third-order valence-corrected chi connectivity index (χ3v) is 6.57. The second-order valence-corrected chi connectivity index (χ2v) is 10.9. The molecule has 2 aromatic carbocycles. The fourth-order valence-electron chi connectivity index (χ4n) is 4.86. The van der Waals surface area contributed by atoms with Crippen molar-refractivity contribution in [2.45, 2.75) is 58.7 Å². The number of fused-ring (bicyclic) bond motifs is 1. The molecule has 0 saturated heterocycles. The second-order valence-electron chi connectivity index (χ2n) is 10.9. The highest BCUT2D eigenvalue weighted by Crippen LogP contribution is 2.41. The van der Waals surface area contributed by atoms with E-state index in [1.54, 1.807) is 46.0 Å². The monoisotopic (exact) mass is 543 g/mol. The number of amides is 3. The highest BCUT2D eigenvalue weighted by molar-refractivity contribution is 5.95. The molecule has 0 fully saturated rings. The molecule has 0 spiro atoms. The summed E-state index contributed by atoms with van der Waals surface area (Å²) in [4.78, 5) is 43.1. The third-order valence-electron chi connectivity index (χ3n) is 6.57. The molecular formula is C31H37N5O4. The number of hydrogen-bond donors (Lipinski definition) is 3. The SMILES string of the molecule is CC(=O)N1c2ccc(-c3ccc(C(=O)NCCNC(=O)OC(C)(C)C)cc3)cc2C(Nc2ccccn2)CC1C. The molecule has 1 aliphatic rings. The van der Waals surface area contributed by atoms with Crippen molar-refractivity contribution in [3.63, 3.8) is 0 Å². The van der Waals surface area contributed by atoms with E-state index in [2.05, 4.69) is 33.9 Å². The van der Waals surface area contributed by atoms with Gasteiger partial charge in [-0.05, 0) is 87.2 Å². The molecule has 0 saturated carbocycles. The highest BCUT2D eigenvalue weighted by atomic mass is 16.6. The number of rotatable bonds is 7. The van der Waals surface area contributed by atoms with Gasteiger partial charge in [0, 0.05) is 43.5 Å². The van der Waals surface area contributed by atoms with Crippen molar-refractivity contribution in [2.24, 2.45) is 0 Å². The van der Waals surface area contributed by atoms with E-state index in [0.717, 1.165) is 34.6 Å². The van der Waals surface area contributed by atoms with Crippen LogP contribution in [-0.4, -0.2) is 47.6 Å². The van der Waals surface area contributed by atoms with Crippen molar-refractivity contribution in [3.05, 3.63) is 78.0 Å². The summed E-state index contributed by atoms with van der Waals surface area (Å²) in [5, 5.41) is 8.96. The number of benzene rings is 2. The molecular weight excluding hydrogens is 506 g/mol. The number of carbonyl (C=O) groups is 3. The van der Waals surface area contributed by atoms with Crippen LogP contribution in [-0.2, 0) is 9.53 Å². The van der Waals surface area contributed by atoms with Gasteiger partial charge in [0.1, 0.15) is 11.4 Å². The summed E-state index contributed by atoms with van der Waals surface area (Å²) in [5.41, 5.74) is 3.80. The fraction of sp³-hybridized carbons (Fsp3) is 0.355. The first-order valence-electron chi connectivity index (χ1n) is 13.5. The standard InChI is InChI=1S/C31H37N5O4/c1-20-18-26(35-28-8-6-7-15-32-28)25-19-24(13-14-27(25)36(20)21(2)37)22-9-11-23(12-10-22)29(38)33-16-17-34-30(39)40-31(3,4)5/h6-15,19-20,26H,16-18H2,1-5H3,(H,32,35)(H,33,38)(H,34,39). The lowest BCUT2D eigenvalue weighted by molar-refractivity contribution is -0.117. The molecule has 0 bridgehead atoms. The summed E-state index contributed by atoms with van der Waals surface area (Å²) >= 11 is 0. The first kappa shape index (κ1) is 28.6. The molecule has 3 amide bonds. The Morgan fingerprint density at radius 2 is 1.68 bits per heavy atom. The predicted octanol–water partition coefficient (Wildman–Crippen LogP) is 5.30. The van der Waals surface area contributed by atoms with E-state index >= 15 is 0 Å². The van der Waals surface area contributed by atoms with Gasteiger partial charge in [0.05, 0.1) is 6.04 Å². The van der Waals surface area contributed by atoms with Crippen LogP contribution < -0.4 is 20.9 Å². The number of carbonyl (C=O) groups excluding carboxylic acids is 3. The van der Waals surface area contributed by atoms with Gasteiger partial charge in [-0.3, -0.25) is 9.59 Å². The van der Waals surface area contributed by atoms with Crippen molar-refractivity contribution in [1.82, 2.24) is 15.6 Å². The number of pyridine rings is 1. The number of alkyl carbamates (subject to hydrolysis) is 1. The smallest absolute Gasteiger partial charge is 0.407 e. The minimum Gasteiger partial charge on any atom is -0.444 e. The molecule has 1 aliphatic heterocycles. The summed E-state index contributed by atoms with van der Waals surface area (Å²) in [5.74, 6) is 0.562. The average molecular weight is 544 g/mol. The Labute approximate surface area is 235 Å². The van der Waals surface area contributed by atoms with Crippen molar-refractivity contribution in [3.8, 4) is 11.1 Å². The van der Waals surface area contributed by atoms with E-state index in [9.17, 15) is 14.4 Å². The lowest BCUT2D eigenvalue weighted by Crippen LogP contribution is -2.43. The summed E-state index contributed by atoms with van der Waals surface area (Å²) < 4.78 is 5.19. The van der Waals surface area contributed by atoms with Gasteiger partial charge < -0.3 is 25.6 Å². The zero-order valence-electron chi connectivity index (χ0n) is 23.7. The minimum absolute atomic E-state index is 0.00875. The van der Waals surface area contributed by atoms with Crippen LogP contribution in [0.3, 0.4) is 0 Å². The molecule has 0 radical (unpaired) electrons. The normalized spacial score (nSPS) is 16.5. The number of nitrogens with one attached hydrogen (secondary N) is 3. The summed E-state index contributed by atoms with van der Waals surface area (Å²) in [6, 6.07) is 19.2. The Hall–Kier alpha value is -4.40. The molecule has 2 atom stereocenters. The van der Waals surface area contributed by atoms with Gasteiger partial charge >= 0.3 is 6.09 Å². The molecule has 9 heteroatoms. The highest BCUT2D eigenvalue weighted by Gasteiger charge is 2.32. The van der Waals surface area contributed by atoms with Gasteiger partial charge in [0.15, 0.2) is 0 Å². The molecule has 40 heavy (non-hydrogen) atoms. The quantitative estimate of drug-likeness (QED) is 0.349. The third kappa shape index (κ3) is 7.16. The maximum absolute atomic E-state index is 12.6. The molecule has 2 heterocycles.